The molecule has 0 saturated carbocycles. The van der Waals surface area contributed by atoms with Gasteiger partial charge in [-0.25, -0.2) is 24.3 Å². The number of halogens is 4. The fourth-order valence-electron chi connectivity index (χ4n) is 4.19. The van der Waals surface area contributed by atoms with Crippen LogP contribution in [0.2, 0.25) is 0 Å². The van der Waals surface area contributed by atoms with E-state index in [1.54, 1.807) is 18.2 Å². The van der Waals surface area contributed by atoms with E-state index in [0.29, 0.717) is 17.3 Å². The number of hydrogen-bond donors (Lipinski definition) is 2. The third-order valence-electron chi connectivity index (χ3n) is 5.96. The standard InChI is InChI=1S/C26H20F4N8O2/c1-13(35-21-18(26(28,29)30)12-32-24(31)37-21)22-36-19-8-4-7-17(14-10-33-25(40-2)34-11-14)20(19)23(39)38(22)16-6-3-5-15(27)9-16/h3-13H,1-2H3,(H3,31,32,35,37). The Morgan fingerprint density at radius 3 is 2.42 bits per heavy atom. The maximum absolute atomic E-state index is 14.3. The summed E-state index contributed by atoms with van der Waals surface area (Å²) in [5, 5.41) is 2.81. The Morgan fingerprint density at radius 1 is 1.02 bits per heavy atom. The molecule has 0 aliphatic heterocycles. The number of nitrogens with one attached hydrogen (secondary N) is 1. The van der Waals surface area contributed by atoms with Crippen LogP contribution in [0, 0.1) is 5.82 Å². The first-order valence-corrected chi connectivity index (χ1v) is 11.7. The van der Waals surface area contributed by atoms with Gasteiger partial charge in [-0.05, 0) is 36.8 Å². The lowest BCUT2D eigenvalue weighted by Gasteiger charge is -2.22. The summed E-state index contributed by atoms with van der Waals surface area (Å²) in [6.07, 6.45) is -1.27. The fourth-order valence-corrected chi connectivity index (χ4v) is 4.19. The summed E-state index contributed by atoms with van der Waals surface area (Å²) in [7, 11) is 1.42. The first kappa shape index (κ1) is 26.5. The summed E-state index contributed by atoms with van der Waals surface area (Å²) in [6, 6.07) is 9.21. The Kier molecular flexibility index (Phi) is 6.75. The van der Waals surface area contributed by atoms with Crippen molar-refractivity contribution in [2.45, 2.75) is 19.1 Å². The van der Waals surface area contributed by atoms with Gasteiger partial charge in [0.25, 0.3) is 5.56 Å². The predicted octanol–water partition coefficient (Wildman–Crippen LogP) is 4.55. The molecule has 204 valence electrons. The number of alkyl halides is 3. The lowest BCUT2D eigenvalue weighted by Crippen LogP contribution is -2.28. The molecule has 0 radical (unpaired) electrons. The lowest BCUT2D eigenvalue weighted by atomic mass is 10.0. The normalized spacial score (nSPS) is 12.3. The molecule has 5 aromatic rings. The summed E-state index contributed by atoms with van der Waals surface area (Å²) < 4.78 is 61.4. The second-order valence-corrected chi connectivity index (χ2v) is 8.60. The number of rotatable bonds is 6. The highest BCUT2D eigenvalue weighted by molar-refractivity contribution is 5.94. The van der Waals surface area contributed by atoms with Crippen LogP contribution in [-0.4, -0.2) is 36.6 Å². The number of methoxy groups -OCH3 is 1. The summed E-state index contributed by atoms with van der Waals surface area (Å²) >= 11 is 0. The van der Waals surface area contributed by atoms with Crippen LogP contribution in [0.4, 0.5) is 29.3 Å². The van der Waals surface area contributed by atoms with E-state index in [-0.39, 0.29) is 34.4 Å². The zero-order valence-corrected chi connectivity index (χ0v) is 20.9. The highest BCUT2D eigenvalue weighted by Gasteiger charge is 2.36. The van der Waals surface area contributed by atoms with Crippen molar-refractivity contribution in [3.8, 4) is 22.8 Å². The van der Waals surface area contributed by atoms with Crippen LogP contribution in [0.25, 0.3) is 27.7 Å². The smallest absolute Gasteiger partial charge is 0.421 e. The van der Waals surface area contributed by atoms with Crippen molar-refractivity contribution in [3.63, 3.8) is 0 Å². The molecule has 0 aliphatic rings. The van der Waals surface area contributed by atoms with Crippen molar-refractivity contribution >= 4 is 22.7 Å². The average molecular weight is 552 g/mol. The third-order valence-corrected chi connectivity index (χ3v) is 5.96. The molecule has 14 heteroatoms. The van der Waals surface area contributed by atoms with Gasteiger partial charge in [-0.3, -0.25) is 9.36 Å². The highest BCUT2D eigenvalue weighted by atomic mass is 19.4. The van der Waals surface area contributed by atoms with Gasteiger partial charge >= 0.3 is 12.2 Å². The number of nitrogens with two attached hydrogens (primary N) is 1. The van der Waals surface area contributed by atoms with Crippen molar-refractivity contribution < 1.29 is 22.3 Å². The van der Waals surface area contributed by atoms with E-state index in [9.17, 15) is 22.4 Å². The number of anilines is 2. The zero-order chi connectivity index (χ0) is 28.6. The molecule has 1 atom stereocenters. The summed E-state index contributed by atoms with van der Waals surface area (Å²) in [5.74, 6) is -1.62. The van der Waals surface area contributed by atoms with Crippen molar-refractivity contribution in [2.24, 2.45) is 0 Å². The van der Waals surface area contributed by atoms with Crippen molar-refractivity contribution in [1.82, 2.24) is 29.5 Å². The number of aromatic nitrogens is 6. The molecule has 0 saturated heterocycles. The monoisotopic (exact) mass is 552 g/mol. The minimum Gasteiger partial charge on any atom is -0.467 e. The number of nitrogens with zero attached hydrogens (tertiary/aromatic N) is 6. The van der Waals surface area contributed by atoms with Crippen LogP contribution in [-0.2, 0) is 6.18 Å². The van der Waals surface area contributed by atoms with E-state index in [4.69, 9.17) is 10.5 Å². The minimum atomic E-state index is -4.79. The maximum Gasteiger partial charge on any atom is 0.421 e. The first-order chi connectivity index (χ1) is 19.1. The van der Waals surface area contributed by atoms with Gasteiger partial charge in [0.2, 0.25) is 5.95 Å². The topological polar surface area (TPSA) is 134 Å². The number of benzene rings is 2. The largest absolute Gasteiger partial charge is 0.467 e. The van der Waals surface area contributed by atoms with E-state index < -0.39 is 35.0 Å². The molecule has 5 rings (SSSR count). The van der Waals surface area contributed by atoms with E-state index in [1.165, 1.54) is 44.6 Å². The Hall–Kier alpha value is -5.14. The molecule has 0 bridgehead atoms. The first-order valence-electron chi connectivity index (χ1n) is 11.7. The summed E-state index contributed by atoms with van der Waals surface area (Å²) in [6.45, 7) is 1.49. The second-order valence-electron chi connectivity index (χ2n) is 8.60. The SMILES string of the molecule is COc1ncc(-c2cccc3nc(C(C)Nc4nc(N)ncc4C(F)(F)F)n(-c4cccc(F)c4)c(=O)c23)cn1. The summed E-state index contributed by atoms with van der Waals surface area (Å²) in [5.41, 5.74) is 5.09. The van der Waals surface area contributed by atoms with Gasteiger partial charge in [0.1, 0.15) is 23.0 Å². The molecule has 0 spiro atoms. The van der Waals surface area contributed by atoms with Gasteiger partial charge in [0.05, 0.1) is 29.7 Å². The fraction of sp³-hybridized carbons (Fsp3) is 0.154. The zero-order valence-electron chi connectivity index (χ0n) is 20.9. The Bertz CT molecular complexity index is 1770. The van der Waals surface area contributed by atoms with Crippen LogP contribution >= 0.6 is 0 Å². The Morgan fingerprint density at radius 2 is 1.75 bits per heavy atom. The van der Waals surface area contributed by atoms with Gasteiger partial charge in [-0.2, -0.15) is 18.2 Å². The molecule has 3 aromatic heterocycles. The molecule has 3 heterocycles. The molecule has 0 fully saturated rings. The number of ether oxygens (including phenoxy) is 1. The third kappa shape index (κ3) is 4.98. The van der Waals surface area contributed by atoms with Crippen LogP contribution in [0.15, 0.2) is 65.8 Å². The van der Waals surface area contributed by atoms with Crippen molar-refractivity contribution in [2.75, 3.05) is 18.2 Å². The second kappa shape index (κ2) is 10.2. The molecular formula is C26H20F4N8O2. The van der Waals surface area contributed by atoms with Gasteiger partial charge in [-0.1, -0.05) is 18.2 Å². The van der Waals surface area contributed by atoms with Crippen molar-refractivity contribution in [1.29, 1.82) is 0 Å². The molecule has 40 heavy (non-hydrogen) atoms. The quantitative estimate of drug-likeness (QED) is 0.291. The maximum atomic E-state index is 14.3. The van der Waals surface area contributed by atoms with Crippen LogP contribution in [0.3, 0.4) is 0 Å². The van der Waals surface area contributed by atoms with Gasteiger partial charge in [-0.15, -0.1) is 0 Å². The summed E-state index contributed by atoms with van der Waals surface area (Å²) in [4.78, 5) is 34.1. The van der Waals surface area contributed by atoms with Gasteiger partial charge in [0, 0.05) is 24.2 Å². The minimum absolute atomic E-state index is 0.00320. The van der Waals surface area contributed by atoms with Gasteiger partial charge < -0.3 is 15.8 Å². The van der Waals surface area contributed by atoms with Crippen LogP contribution < -0.4 is 21.3 Å². The molecule has 0 amide bonds. The molecular weight excluding hydrogens is 532 g/mol. The average Bonchev–Trinajstić information content (AvgIpc) is 2.92. The Balaban J connectivity index is 1.74. The van der Waals surface area contributed by atoms with E-state index in [1.807, 2.05) is 0 Å². The predicted molar refractivity (Wildman–Crippen MR) is 138 cm³/mol. The molecule has 3 N–H and O–H groups in total. The number of hydrogen-bond acceptors (Lipinski definition) is 9. The van der Waals surface area contributed by atoms with E-state index in [0.717, 1.165) is 10.6 Å². The number of nitrogen functional groups attached to an aromatic ring is 1. The van der Waals surface area contributed by atoms with Crippen molar-refractivity contribution in [3.05, 3.63) is 88.6 Å². The van der Waals surface area contributed by atoms with E-state index in [2.05, 4.69) is 30.2 Å². The molecule has 10 nitrogen and oxygen atoms in total. The van der Waals surface area contributed by atoms with E-state index >= 15 is 0 Å². The molecule has 0 aliphatic carbocycles. The lowest BCUT2D eigenvalue weighted by molar-refractivity contribution is -0.137. The number of fused-ring (bicyclic) bond motifs is 1. The van der Waals surface area contributed by atoms with Gasteiger partial charge in [0.15, 0.2) is 0 Å². The van der Waals surface area contributed by atoms with Crippen LogP contribution in [0.5, 0.6) is 6.01 Å². The molecule has 1 unspecified atom stereocenters. The van der Waals surface area contributed by atoms with Crippen LogP contribution in [0.1, 0.15) is 24.4 Å². The highest BCUT2D eigenvalue weighted by Crippen LogP contribution is 2.35. The molecule has 2 aromatic carbocycles. The Labute approximate surface area is 223 Å².